The first-order chi connectivity index (χ1) is 15.8. The van der Waals surface area contributed by atoms with Crippen molar-refractivity contribution in [3.05, 3.63) is 66.4 Å². The quantitative estimate of drug-likeness (QED) is 0.525. The van der Waals surface area contributed by atoms with Crippen LogP contribution in [0.2, 0.25) is 0 Å². The Labute approximate surface area is 194 Å². The third-order valence-corrected chi connectivity index (χ3v) is 7.12. The summed E-state index contributed by atoms with van der Waals surface area (Å²) in [5, 5.41) is 5.16. The highest BCUT2D eigenvalue weighted by atomic mass is 32.2. The van der Waals surface area contributed by atoms with Gasteiger partial charge in [-0.1, -0.05) is 36.4 Å². The van der Waals surface area contributed by atoms with E-state index in [1.54, 1.807) is 19.2 Å². The number of piperazine rings is 1. The lowest BCUT2D eigenvalue weighted by Crippen LogP contribution is -2.51. The Morgan fingerprint density at radius 2 is 1.76 bits per heavy atom. The first-order valence-corrected chi connectivity index (χ1v) is 12.4. The molecule has 1 atom stereocenters. The van der Waals surface area contributed by atoms with Crippen molar-refractivity contribution in [2.45, 2.75) is 13.0 Å². The topological polar surface area (TPSA) is 112 Å². The Balaban J connectivity index is 1.39. The predicted molar refractivity (Wildman–Crippen MR) is 128 cm³/mol. The maximum Gasteiger partial charge on any atom is 0.244 e. The third kappa shape index (κ3) is 7.40. The van der Waals surface area contributed by atoms with Crippen LogP contribution in [0.5, 0.6) is 0 Å². The number of amides is 2. The monoisotopic (exact) mass is 471 g/mol. The second kappa shape index (κ2) is 11.6. The zero-order valence-corrected chi connectivity index (χ0v) is 19.4. The van der Waals surface area contributed by atoms with Gasteiger partial charge >= 0.3 is 0 Å². The molecule has 0 bridgehead atoms. The fraction of sp³-hybridized carbons (Fsp3) is 0.348. The summed E-state index contributed by atoms with van der Waals surface area (Å²) in [6.07, 6.45) is 4.72. The molecular weight excluding hydrogens is 442 g/mol. The van der Waals surface area contributed by atoms with Crippen LogP contribution in [-0.2, 0) is 19.6 Å². The van der Waals surface area contributed by atoms with E-state index >= 15 is 0 Å². The van der Waals surface area contributed by atoms with Crippen LogP contribution in [0.15, 0.2) is 60.8 Å². The molecular formula is C23H29N5O4S. The van der Waals surface area contributed by atoms with Crippen molar-refractivity contribution in [1.82, 2.24) is 19.9 Å². The van der Waals surface area contributed by atoms with Gasteiger partial charge in [-0.2, -0.15) is 4.31 Å². The number of carbonyl (C=O) groups excluding carboxylic acids is 2. The average molecular weight is 472 g/mol. The predicted octanol–water partition coefficient (Wildman–Crippen LogP) is 0.868. The molecule has 10 heteroatoms. The molecule has 33 heavy (non-hydrogen) atoms. The molecule has 2 N–H and O–H groups in total. The van der Waals surface area contributed by atoms with Crippen molar-refractivity contribution >= 4 is 33.7 Å². The summed E-state index contributed by atoms with van der Waals surface area (Å²) < 4.78 is 26.7. The molecule has 0 radical (unpaired) electrons. The van der Waals surface area contributed by atoms with Gasteiger partial charge in [-0.05, 0) is 30.7 Å². The minimum absolute atomic E-state index is 0.0261. The van der Waals surface area contributed by atoms with E-state index in [1.807, 2.05) is 53.4 Å². The van der Waals surface area contributed by atoms with E-state index in [2.05, 4.69) is 15.6 Å². The van der Waals surface area contributed by atoms with Crippen molar-refractivity contribution in [2.24, 2.45) is 0 Å². The summed E-state index contributed by atoms with van der Waals surface area (Å²) in [4.78, 5) is 30.6. The van der Waals surface area contributed by atoms with Gasteiger partial charge in [0.15, 0.2) is 0 Å². The minimum Gasteiger partial charge on any atom is -0.354 e. The third-order valence-electron chi connectivity index (χ3n) is 5.24. The number of sulfonamides is 1. The number of pyridine rings is 1. The average Bonchev–Trinajstić information content (AvgIpc) is 2.84. The van der Waals surface area contributed by atoms with Gasteiger partial charge in [-0.3, -0.25) is 9.59 Å². The first kappa shape index (κ1) is 24.4. The molecule has 1 aromatic carbocycles. The van der Waals surface area contributed by atoms with Crippen molar-refractivity contribution < 1.29 is 18.0 Å². The number of nitrogens with one attached hydrogen (secondary N) is 2. The lowest BCUT2D eigenvalue weighted by Gasteiger charge is -2.34. The van der Waals surface area contributed by atoms with Crippen molar-refractivity contribution in [2.75, 3.05) is 43.4 Å². The molecule has 0 spiro atoms. The molecule has 2 amide bonds. The Bertz CT molecular complexity index is 1050. The highest BCUT2D eigenvalue weighted by molar-refractivity contribution is 7.89. The molecule has 1 fully saturated rings. The molecule has 1 aliphatic heterocycles. The summed E-state index contributed by atoms with van der Waals surface area (Å²) in [6, 6.07) is 14.2. The van der Waals surface area contributed by atoms with Gasteiger partial charge in [0.2, 0.25) is 21.8 Å². The van der Waals surface area contributed by atoms with Gasteiger partial charge in [0, 0.05) is 45.0 Å². The van der Waals surface area contributed by atoms with Crippen LogP contribution in [0, 0.1) is 0 Å². The highest BCUT2D eigenvalue weighted by Gasteiger charge is 2.27. The smallest absolute Gasteiger partial charge is 0.244 e. The Kier molecular flexibility index (Phi) is 8.56. The number of nitrogens with zero attached hydrogens (tertiary/aromatic N) is 3. The molecule has 2 heterocycles. The molecule has 1 aliphatic rings. The van der Waals surface area contributed by atoms with E-state index in [1.165, 1.54) is 10.4 Å². The minimum atomic E-state index is -3.50. The number of rotatable bonds is 9. The van der Waals surface area contributed by atoms with Crippen molar-refractivity contribution in [3.63, 3.8) is 0 Å². The van der Waals surface area contributed by atoms with Gasteiger partial charge < -0.3 is 15.5 Å². The lowest BCUT2D eigenvalue weighted by molar-refractivity contribution is -0.126. The number of carbonyl (C=O) groups is 2. The summed E-state index contributed by atoms with van der Waals surface area (Å²) in [5.41, 5.74) is 0.871. The standard InChI is InChI=1S/C23H29N5O4S/c1-19(26-22(29)11-10-20-7-3-2-4-8-20)23(30)25-13-18-33(31,32)28-16-14-27(15-17-28)21-9-5-6-12-24-21/h2-12,19H,13-18H2,1H3,(H,25,30)(H,26,29)/b11-10+. The van der Waals surface area contributed by atoms with Crippen LogP contribution in [-0.4, -0.2) is 74.0 Å². The molecule has 0 saturated carbocycles. The van der Waals surface area contributed by atoms with Crippen LogP contribution in [0.25, 0.3) is 6.08 Å². The van der Waals surface area contributed by atoms with Crippen LogP contribution in [0.1, 0.15) is 12.5 Å². The zero-order chi connectivity index (χ0) is 23.7. The molecule has 1 unspecified atom stereocenters. The molecule has 176 valence electrons. The van der Waals surface area contributed by atoms with Gasteiger partial charge in [-0.15, -0.1) is 0 Å². The van der Waals surface area contributed by atoms with Crippen LogP contribution < -0.4 is 15.5 Å². The van der Waals surface area contributed by atoms with E-state index < -0.39 is 27.9 Å². The van der Waals surface area contributed by atoms with E-state index in [9.17, 15) is 18.0 Å². The summed E-state index contributed by atoms with van der Waals surface area (Å²) >= 11 is 0. The Morgan fingerprint density at radius 1 is 1.06 bits per heavy atom. The highest BCUT2D eigenvalue weighted by Crippen LogP contribution is 2.14. The van der Waals surface area contributed by atoms with Crippen LogP contribution in [0.3, 0.4) is 0 Å². The maximum atomic E-state index is 12.6. The zero-order valence-electron chi connectivity index (χ0n) is 18.6. The molecule has 1 saturated heterocycles. The summed E-state index contributed by atoms with van der Waals surface area (Å²) in [6.45, 7) is 3.38. The summed E-state index contributed by atoms with van der Waals surface area (Å²) in [7, 11) is -3.50. The van der Waals surface area contributed by atoms with E-state index in [0.717, 1.165) is 11.4 Å². The molecule has 0 aliphatic carbocycles. The normalized spacial score (nSPS) is 15.8. The number of anilines is 1. The van der Waals surface area contributed by atoms with E-state index in [-0.39, 0.29) is 12.3 Å². The van der Waals surface area contributed by atoms with E-state index in [0.29, 0.717) is 26.2 Å². The Morgan fingerprint density at radius 3 is 2.42 bits per heavy atom. The first-order valence-electron chi connectivity index (χ1n) is 10.8. The summed E-state index contributed by atoms with van der Waals surface area (Å²) in [5.74, 6) is -0.209. The van der Waals surface area contributed by atoms with Gasteiger partial charge in [-0.25, -0.2) is 13.4 Å². The second-order valence-electron chi connectivity index (χ2n) is 7.66. The van der Waals surface area contributed by atoms with Gasteiger partial charge in [0.05, 0.1) is 5.75 Å². The number of hydrogen-bond acceptors (Lipinski definition) is 6. The van der Waals surface area contributed by atoms with Gasteiger partial charge in [0.25, 0.3) is 0 Å². The second-order valence-corrected chi connectivity index (χ2v) is 9.74. The molecule has 9 nitrogen and oxygen atoms in total. The van der Waals surface area contributed by atoms with Crippen molar-refractivity contribution in [3.8, 4) is 0 Å². The van der Waals surface area contributed by atoms with Crippen molar-refractivity contribution in [1.29, 1.82) is 0 Å². The van der Waals surface area contributed by atoms with Gasteiger partial charge in [0.1, 0.15) is 11.9 Å². The van der Waals surface area contributed by atoms with Crippen LogP contribution >= 0.6 is 0 Å². The fourth-order valence-electron chi connectivity index (χ4n) is 3.38. The number of hydrogen-bond donors (Lipinski definition) is 2. The number of aromatic nitrogens is 1. The molecule has 3 rings (SSSR count). The molecule has 1 aromatic heterocycles. The Hall–Kier alpha value is -3.24. The van der Waals surface area contributed by atoms with Crippen LogP contribution in [0.4, 0.5) is 5.82 Å². The molecule has 2 aromatic rings. The largest absolute Gasteiger partial charge is 0.354 e. The maximum absolute atomic E-state index is 12.6. The fourth-order valence-corrected chi connectivity index (χ4v) is 4.72. The van der Waals surface area contributed by atoms with E-state index in [4.69, 9.17) is 0 Å². The lowest BCUT2D eigenvalue weighted by atomic mass is 10.2. The SMILES string of the molecule is CC(NC(=O)/C=C/c1ccccc1)C(=O)NCCS(=O)(=O)N1CCN(c2ccccn2)CC1. The number of benzene rings is 1.